The molecule has 0 saturated carbocycles. The van der Waals surface area contributed by atoms with E-state index in [0.29, 0.717) is 59.3 Å². The highest BCUT2D eigenvalue weighted by Crippen LogP contribution is 2.31. The van der Waals surface area contributed by atoms with Crippen LogP contribution < -0.4 is 10.1 Å². The lowest BCUT2D eigenvalue weighted by Crippen LogP contribution is -2.19. The van der Waals surface area contributed by atoms with Crippen LogP contribution in [0.1, 0.15) is 29.7 Å². The summed E-state index contributed by atoms with van der Waals surface area (Å²) in [5.74, 6) is 0.613. The standard InChI is InChI=1S/C30H30FN9O/c1-18-11-32-13-21(14-35-18)25-5-4-19-12-34-17-36-29(27(19)37-25)30-38-26-16-33-15-24(28(26)39-30)20-8-22(31)10-23(9-20)41-7-6-40(2)3/h4-5,8-11,13-16,18,34H,6-7,12,17H2,1-3H3,(H,38,39)/t18-/m0/s1. The number of nitrogens with one attached hydrogen (secondary N) is 2. The Labute approximate surface area is 236 Å². The molecular weight excluding hydrogens is 521 g/mol. The van der Waals surface area contributed by atoms with Crippen molar-refractivity contribution in [3.63, 3.8) is 0 Å². The first-order valence-corrected chi connectivity index (χ1v) is 13.4. The van der Waals surface area contributed by atoms with Crippen LogP contribution in [0.2, 0.25) is 0 Å². The molecule has 10 nitrogen and oxygen atoms in total. The van der Waals surface area contributed by atoms with Gasteiger partial charge in [0, 0.05) is 55.1 Å². The third kappa shape index (κ3) is 5.81. The van der Waals surface area contributed by atoms with Crippen LogP contribution >= 0.6 is 0 Å². The second kappa shape index (κ2) is 11.5. The minimum Gasteiger partial charge on any atom is -0.492 e. The number of imidazole rings is 1. The maximum absolute atomic E-state index is 14.6. The third-order valence-electron chi connectivity index (χ3n) is 6.74. The van der Waals surface area contributed by atoms with Gasteiger partial charge in [0.15, 0.2) is 5.82 Å². The molecule has 0 fully saturated rings. The van der Waals surface area contributed by atoms with Crippen LogP contribution in [0.4, 0.5) is 4.39 Å². The summed E-state index contributed by atoms with van der Waals surface area (Å²) in [6.45, 7) is 4.17. The molecule has 4 aromatic rings. The number of hydrogen-bond donors (Lipinski definition) is 2. The number of likely N-dealkylation sites (N-methyl/N-ethyl adjacent to an activating group) is 1. The number of benzene rings is 1. The van der Waals surface area contributed by atoms with E-state index in [1.807, 2.05) is 44.1 Å². The Morgan fingerprint density at radius 2 is 2.02 bits per heavy atom. The van der Waals surface area contributed by atoms with Crippen molar-refractivity contribution >= 4 is 34.7 Å². The second-order valence-corrected chi connectivity index (χ2v) is 10.2. The number of aromatic nitrogens is 4. The highest BCUT2D eigenvalue weighted by atomic mass is 19.1. The summed E-state index contributed by atoms with van der Waals surface area (Å²) in [4.78, 5) is 33.4. The summed E-state index contributed by atoms with van der Waals surface area (Å²) < 4.78 is 20.5. The lowest BCUT2D eigenvalue weighted by molar-refractivity contribution is 0.260. The molecule has 11 heteroatoms. The Bertz CT molecular complexity index is 1720. The first-order valence-electron chi connectivity index (χ1n) is 13.4. The quantitative estimate of drug-likeness (QED) is 0.360. The van der Waals surface area contributed by atoms with E-state index < -0.39 is 5.82 Å². The lowest BCUT2D eigenvalue weighted by atomic mass is 10.1. The summed E-state index contributed by atoms with van der Waals surface area (Å²) in [5.41, 5.74) is 6.57. The van der Waals surface area contributed by atoms with E-state index in [1.165, 1.54) is 12.1 Å². The number of hydrogen-bond acceptors (Lipinski definition) is 9. The van der Waals surface area contributed by atoms with Crippen LogP contribution in [0.3, 0.4) is 0 Å². The highest BCUT2D eigenvalue weighted by molar-refractivity contribution is 6.14. The average Bonchev–Trinajstić information content (AvgIpc) is 3.11. The van der Waals surface area contributed by atoms with Crippen molar-refractivity contribution in [1.82, 2.24) is 30.2 Å². The second-order valence-electron chi connectivity index (χ2n) is 10.2. The van der Waals surface area contributed by atoms with Gasteiger partial charge in [0.05, 0.1) is 41.3 Å². The predicted molar refractivity (Wildman–Crippen MR) is 159 cm³/mol. The van der Waals surface area contributed by atoms with Gasteiger partial charge in [0.2, 0.25) is 0 Å². The van der Waals surface area contributed by atoms with Crippen LogP contribution in [-0.2, 0) is 6.54 Å². The fourth-order valence-corrected chi connectivity index (χ4v) is 4.64. The van der Waals surface area contributed by atoms with Crippen molar-refractivity contribution < 1.29 is 9.13 Å². The number of pyridine rings is 2. The van der Waals surface area contributed by atoms with Gasteiger partial charge in [-0.1, -0.05) is 6.07 Å². The smallest absolute Gasteiger partial charge is 0.159 e. The Morgan fingerprint density at radius 1 is 1.12 bits per heavy atom. The van der Waals surface area contributed by atoms with Gasteiger partial charge in [-0.15, -0.1) is 0 Å². The number of aliphatic imine (C=N–C) groups is 3. The molecule has 41 heavy (non-hydrogen) atoms. The highest BCUT2D eigenvalue weighted by Gasteiger charge is 2.22. The number of nitrogens with zero attached hydrogens (tertiary/aromatic N) is 7. The summed E-state index contributed by atoms with van der Waals surface area (Å²) in [7, 11) is 3.92. The van der Waals surface area contributed by atoms with Crippen molar-refractivity contribution in [2.75, 3.05) is 33.9 Å². The summed E-state index contributed by atoms with van der Waals surface area (Å²) in [5, 5.41) is 3.32. The lowest BCUT2D eigenvalue weighted by Gasteiger charge is -2.12. The van der Waals surface area contributed by atoms with Crippen LogP contribution in [0.5, 0.6) is 5.75 Å². The fourth-order valence-electron chi connectivity index (χ4n) is 4.64. The van der Waals surface area contributed by atoms with Crippen LogP contribution in [0, 0.1) is 5.82 Å². The molecule has 0 saturated heterocycles. The number of allylic oxidation sites excluding steroid dienone is 1. The van der Waals surface area contributed by atoms with Crippen LogP contribution in [0.25, 0.3) is 27.7 Å². The Morgan fingerprint density at radius 3 is 2.90 bits per heavy atom. The van der Waals surface area contributed by atoms with Gasteiger partial charge in [-0.05, 0) is 50.3 Å². The van der Waals surface area contributed by atoms with E-state index in [4.69, 9.17) is 19.7 Å². The van der Waals surface area contributed by atoms with E-state index in [1.54, 1.807) is 31.0 Å². The zero-order chi connectivity index (χ0) is 28.3. The molecule has 208 valence electrons. The largest absolute Gasteiger partial charge is 0.492 e. The van der Waals surface area contributed by atoms with E-state index in [2.05, 4.69) is 25.3 Å². The molecule has 6 rings (SSSR count). The van der Waals surface area contributed by atoms with E-state index in [0.717, 1.165) is 29.1 Å². The fraction of sp³-hybridized carbons (Fsp3) is 0.267. The van der Waals surface area contributed by atoms with Gasteiger partial charge in [-0.2, -0.15) is 0 Å². The van der Waals surface area contributed by atoms with E-state index >= 15 is 0 Å². The number of H-pyrrole nitrogens is 1. The topological polar surface area (TPSA) is 116 Å². The number of ether oxygens (including phenoxy) is 1. The van der Waals surface area contributed by atoms with Gasteiger partial charge in [0.25, 0.3) is 0 Å². The van der Waals surface area contributed by atoms with Crippen molar-refractivity contribution in [2.45, 2.75) is 19.5 Å². The number of aromatic amines is 1. The maximum Gasteiger partial charge on any atom is 0.159 e. The minimum atomic E-state index is -0.393. The van der Waals surface area contributed by atoms with Gasteiger partial charge in [-0.25, -0.2) is 14.4 Å². The minimum absolute atomic E-state index is 0.00281. The predicted octanol–water partition coefficient (Wildman–Crippen LogP) is 3.88. The van der Waals surface area contributed by atoms with Gasteiger partial charge < -0.3 is 14.6 Å². The molecule has 2 aliphatic rings. The summed E-state index contributed by atoms with van der Waals surface area (Å²) in [6, 6.07) is 8.67. The maximum atomic E-state index is 14.6. The first-order chi connectivity index (χ1) is 19.9. The molecule has 1 aromatic carbocycles. The molecule has 2 N–H and O–H groups in total. The zero-order valence-corrected chi connectivity index (χ0v) is 23.1. The Kier molecular flexibility index (Phi) is 7.45. The van der Waals surface area contributed by atoms with Crippen molar-refractivity contribution in [3.8, 4) is 16.9 Å². The molecule has 0 radical (unpaired) electrons. The molecular formula is C30H30FN9O. The molecule has 0 bridgehead atoms. The van der Waals surface area contributed by atoms with Crippen molar-refractivity contribution in [2.24, 2.45) is 15.0 Å². The molecule has 2 aliphatic heterocycles. The monoisotopic (exact) mass is 551 g/mol. The van der Waals surface area contributed by atoms with E-state index in [9.17, 15) is 4.39 Å². The molecule has 0 amide bonds. The van der Waals surface area contributed by atoms with Crippen molar-refractivity contribution in [1.29, 1.82) is 0 Å². The molecule has 0 unspecified atom stereocenters. The Hall–Kier alpha value is -4.61. The van der Waals surface area contributed by atoms with Crippen LogP contribution in [0.15, 0.2) is 63.9 Å². The normalized spacial score (nSPS) is 16.8. The number of halogens is 1. The molecule has 3 aromatic heterocycles. The SMILES string of the molecule is C[C@H]1C=NC=C(c2ccc3c(n2)C(c2nc4c(-c5cc(F)cc(OCCN(C)C)c5)cncc4[nH]2)=NCNC3)C=N1. The average molecular weight is 552 g/mol. The van der Waals surface area contributed by atoms with E-state index in [-0.39, 0.29) is 6.04 Å². The van der Waals surface area contributed by atoms with Gasteiger partial charge >= 0.3 is 0 Å². The molecule has 0 spiro atoms. The summed E-state index contributed by atoms with van der Waals surface area (Å²) in [6.07, 6.45) is 8.75. The zero-order valence-electron chi connectivity index (χ0n) is 23.1. The number of fused-ring (bicyclic) bond motifs is 2. The molecule has 0 aliphatic carbocycles. The van der Waals surface area contributed by atoms with Gasteiger partial charge in [-0.3, -0.25) is 25.3 Å². The molecule has 5 heterocycles. The summed E-state index contributed by atoms with van der Waals surface area (Å²) >= 11 is 0. The molecule has 1 atom stereocenters. The number of rotatable bonds is 7. The van der Waals surface area contributed by atoms with Gasteiger partial charge in [0.1, 0.15) is 23.9 Å². The van der Waals surface area contributed by atoms with Crippen molar-refractivity contribution in [3.05, 3.63) is 77.5 Å². The van der Waals surface area contributed by atoms with Crippen LogP contribution in [-0.4, -0.2) is 82.9 Å². The third-order valence-corrected chi connectivity index (χ3v) is 6.74. The Balaban J connectivity index is 1.39. The first kappa shape index (κ1) is 26.6.